The smallest absolute Gasteiger partial charge is 0.412 e. The van der Waals surface area contributed by atoms with Crippen molar-refractivity contribution in [2.75, 3.05) is 11.9 Å². The number of benzene rings is 2. The Balaban J connectivity index is 1.38. The summed E-state index contributed by atoms with van der Waals surface area (Å²) in [6.45, 7) is 6.33. The van der Waals surface area contributed by atoms with Crippen LogP contribution in [0.4, 0.5) is 10.5 Å². The Bertz CT molecular complexity index is 850. The molecule has 0 bridgehead atoms. The van der Waals surface area contributed by atoms with Crippen LogP contribution in [0.25, 0.3) is 0 Å². The van der Waals surface area contributed by atoms with Gasteiger partial charge in [0.05, 0.1) is 17.2 Å². The first-order chi connectivity index (χ1) is 13.4. The molecule has 0 aliphatic carbocycles. The number of fused-ring (bicyclic) bond motifs is 1. The predicted octanol–water partition coefficient (Wildman–Crippen LogP) is 5.66. The molecule has 0 fully saturated rings. The number of oxime groups is 1. The SMILES string of the molecule is Cc1ccc(SON=CCCCOc2ccc3c(c2)C(C)(C)OC(=O)N3)cc1. The first-order valence-corrected chi connectivity index (χ1v) is 9.88. The highest BCUT2D eigenvalue weighted by molar-refractivity contribution is 7.94. The monoisotopic (exact) mass is 400 g/mol. The maximum absolute atomic E-state index is 11.6. The van der Waals surface area contributed by atoms with E-state index in [1.54, 1.807) is 6.21 Å². The summed E-state index contributed by atoms with van der Waals surface area (Å²) in [6, 6.07) is 13.7. The highest BCUT2D eigenvalue weighted by Gasteiger charge is 2.33. The van der Waals surface area contributed by atoms with Crippen molar-refractivity contribution in [3.05, 3.63) is 53.6 Å². The number of nitrogens with one attached hydrogen (secondary N) is 1. The number of aryl methyl sites for hydroxylation is 1. The van der Waals surface area contributed by atoms with Gasteiger partial charge in [0.1, 0.15) is 23.4 Å². The number of carbonyl (C=O) groups is 1. The normalized spacial score (nSPS) is 14.9. The molecule has 1 aliphatic rings. The molecule has 3 rings (SSSR count). The Morgan fingerprint density at radius 2 is 2.00 bits per heavy atom. The molecule has 1 aliphatic heterocycles. The second kappa shape index (κ2) is 9.01. The molecule has 28 heavy (non-hydrogen) atoms. The minimum Gasteiger partial charge on any atom is -0.494 e. The number of hydrogen-bond acceptors (Lipinski definition) is 6. The van der Waals surface area contributed by atoms with Gasteiger partial charge in [0.15, 0.2) is 0 Å². The Kier molecular flexibility index (Phi) is 6.46. The van der Waals surface area contributed by atoms with Gasteiger partial charge in [-0.1, -0.05) is 22.9 Å². The summed E-state index contributed by atoms with van der Waals surface area (Å²) in [5.74, 6) is 0.745. The predicted molar refractivity (Wildman–Crippen MR) is 111 cm³/mol. The van der Waals surface area contributed by atoms with Gasteiger partial charge in [-0.2, -0.15) is 0 Å². The van der Waals surface area contributed by atoms with Crippen molar-refractivity contribution in [2.45, 2.75) is 44.1 Å². The van der Waals surface area contributed by atoms with Crippen LogP contribution in [0.2, 0.25) is 0 Å². The van der Waals surface area contributed by atoms with Crippen LogP contribution in [0.15, 0.2) is 52.5 Å². The number of unbranched alkanes of at least 4 members (excludes halogenated alkanes) is 1. The van der Waals surface area contributed by atoms with E-state index in [4.69, 9.17) is 13.8 Å². The van der Waals surface area contributed by atoms with E-state index < -0.39 is 11.7 Å². The minimum absolute atomic E-state index is 0.437. The summed E-state index contributed by atoms with van der Waals surface area (Å²) in [7, 11) is 0. The largest absolute Gasteiger partial charge is 0.494 e. The summed E-state index contributed by atoms with van der Waals surface area (Å²) in [5, 5.41) is 6.65. The molecule has 0 spiro atoms. The number of carbonyl (C=O) groups excluding carboxylic acids is 1. The molecular formula is C21H24N2O4S. The molecule has 0 radical (unpaired) electrons. The van der Waals surface area contributed by atoms with Crippen LogP contribution in [0.5, 0.6) is 5.75 Å². The average Bonchev–Trinajstić information content (AvgIpc) is 2.65. The molecule has 1 heterocycles. The van der Waals surface area contributed by atoms with Crippen molar-refractivity contribution in [3.63, 3.8) is 0 Å². The molecule has 0 unspecified atom stereocenters. The highest BCUT2D eigenvalue weighted by atomic mass is 32.2. The molecule has 0 saturated carbocycles. The Morgan fingerprint density at radius 3 is 2.79 bits per heavy atom. The van der Waals surface area contributed by atoms with Gasteiger partial charge in [-0.05, 0) is 63.9 Å². The topological polar surface area (TPSA) is 69.1 Å². The number of amides is 1. The third-order valence-electron chi connectivity index (χ3n) is 4.24. The van der Waals surface area contributed by atoms with Crippen molar-refractivity contribution >= 4 is 30.0 Å². The van der Waals surface area contributed by atoms with Gasteiger partial charge in [0.25, 0.3) is 0 Å². The van der Waals surface area contributed by atoms with Crippen LogP contribution in [0.3, 0.4) is 0 Å². The number of hydrogen-bond donors (Lipinski definition) is 1. The minimum atomic E-state index is -0.684. The number of nitrogens with zero attached hydrogens (tertiary/aromatic N) is 1. The Labute approximate surface area is 169 Å². The molecule has 0 saturated heterocycles. The average molecular weight is 401 g/mol. The number of cyclic esters (lactones) is 1. The van der Waals surface area contributed by atoms with Gasteiger partial charge in [-0.25, -0.2) is 4.79 Å². The summed E-state index contributed by atoms with van der Waals surface area (Å²) < 4.78 is 16.4. The molecule has 0 atom stereocenters. The molecule has 1 N–H and O–H groups in total. The third kappa shape index (κ3) is 5.42. The van der Waals surface area contributed by atoms with Crippen molar-refractivity contribution in [2.24, 2.45) is 5.16 Å². The van der Waals surface area contributed by atoms with E-state index in [-0.39, 0.29) is 0 Å². The van der Waals surface area contributed by atoms with Crippen LogP contribution < -0.4 is 10.1 Å². The van der Waals surface area contributed by atoms with Gasteiger partial charge in [0, 0.05) is 11.8 Å². The highest BCUT2D eigenvalue weighted by Crippen LogP contribution is 2.37. The summed E-state index contributed by atoms with van der Waals surface area (Å²) in [6.07, 6.45) is 2.87. The molecule has 2 aromatic rings. The van der Waals surface area contributed by atoms with Crippen LogP contribution in [0, 0.1) is 6.92 Å². The Hall–Kier alpha value is -2.67. The number of anilines is 1. The summed E-state index contributed by atoms with van der Waals surface area (Å²) >= 11 is 1.23. The van der Waals surface area contributed by atoms with Gasteiger partial charge in [0.2, 0.25) is 0 Å². The quantitative estimate of drug-likeness (QED) is 0.268. The first-order valence-electron chi connectivity index (χ1n) is 9.13. The summed E-state index contributed by atoms with van der Waals surface area (Å²) in [5.41, 5.74) is 2.18. The van der Waals surface area contributed by atoms with E-state index >= 15 is 0 Å². The zero-order valence-corrected chi connectivity index (χ0v) is 17.0. The van der Waals surface area contributed by atoms with Crippen LogP contribution in [0.1, 0.15) is 37.8 Å². The zero-order chi connectivity index (χ0) is 20.0. The van der Waals surface area contributed by atoms with Crippen molar-refractivity contribution in [1.29, 1.82) is 0 Å². The van der Waals surface area contributed by atoms with E-state index in [1.807, 2.05) is 63.2 Å². The summed E-state index contributed by atoms with van der Waals surface area (Å²) in [4.78, 5) is 12.6. The van der Waals surface area contributed by atoms with Gasteiger partial charge in [-0.15, -0.1) is 0 Å². The lowest BCUT2D eigenvalue weighted by atomic mass is 9.94. The number of ether oxygens (including phenoxy) is 2. The van der Waals surface area contributed by atoms with Crippen molar-refractivity contribution in [1.82, 2.24) is 0 Å². The first kappa shape index (κ1) is 20.1. The lowest BCUT2D eigenvalue weighted by Gasteiger charge is -2.32. The molecule has 0 aromatic heterocycles. The molecular weight excluding hydrogens is 376 g/mol. The van der Waals surface area contributed by atoms with E-state index in [0.717, 1.165) is 34.7 Å². The van der Waals surface area contributed by atoms with Gasteiger partial charge in [-0.3, -0.25) is 5.32 Å². The van der Waals surface area contributed by atoms with E-state index in [9.17, 15) is 4.79 Å². The zero-order valence-electron chi connectivity index (χ0n) is 16.2. The van der Waals surface area contributed by atoms with Crippen molar-refractivity contribution in [3.8, 4) is 5.75 Å². The fourth-order valence-corrected chi connectivity index (χ4v) is 3.19. The lowest BCUT2D eigenvalue weighted by Crippen LogP contribution is -2.34. The van der Waals surface area contributed by atoms with Crippen LogP contribution >= 0.6 is 12.0 Å². The molecule has 7 heteroatoms. The standard InChI is InChI=1S/C21H24N2O4S/c1-15-6-9-17(10-7-15)28-27-22-12-4-5-13-25-16-8-11-19-18(14-16)21(2,3)26-20(24)23-19/h6-12,14H,4-5,13H2,1-3H3,(H,23,24). The molecule has 2 aromatic carbocycles. The third-order valence-corrected chi connectivity index (χ3v) is 4.87. The van der Waals surface area contributed by atoms with Crippen LogP contribution in [-0.2, 0) is 14.6 Å². The van der Waals surface area contributed by atoms with E-state index in [2.05, 4.69) is 10.5 Å². The van der Waals surface area contributed by atoms with E-state index in [0.29, 0.717) is 6.61 Å². The maximum atomic E-state index is 11.6. The maximum Gasteiger partial charge on any atom is 0.412 e. The molecule has 148 valence electrons. The van der Waals surface area contributed by atoms with E-state index in [1.165, 1.54) is 17.6 Å². The second-order valence-electron chi connectivity index (χ2n) is 6.98. The fourth-order valence-electron chi connectivity index (χ4n) is 2.75. The van der Waals surface area contributed by atoms with Crippen molar-refractivity contribution < 1.29 is 18.6 Å². The molecule has 1 amide bonds. The van der Waals surface area contributed by atoms with Gasteiger partial charge < -0.3 is 13.8 Å². The van der Waals surface area contributed by atoms with Gasteiger partial charge >= 0.3 is 6.09 Å². The number of rotatable bonds is 8. The second-order valence-corrected chi connectivity index (χ2v) is 7.77. The lowest BCUT2D eigenvalue weighted by molar-refractivity contribution is 0.0418. The Morgan fingerprint density at radius 1 is 1.21 bits per heavy atom. The molecule has 6 nitrogen and oxygen atoms in total. The fraction of sp³-hybridized carbons (Fsp3) is 0.333. The van der Waals surface area contributed by atoms with Crippen LogP contribution in [-0.4, -0.2) is 18.9 Å².